The van der Waals surface area contributed by atoms with E-state index < -0.39 is 5.97 Å². The van der Waals surface area contributed by atoms with E-state index in [0.29, 0.717) is 20.3 Å². The smallest absolute Gasteiger partial charge is 0.338 e. The second kappa shape index (κ2) is 6.41. The summed E-state index contributed by atoms with van der Waals surface area (Å²) in [6, 6.07) is 9.02. The van der Waals surface area contributed by atoms with E-state index in [9.17, 15) is 4.79 Å². The Labute approximate surface area is 128 Å². The Bertz CT molecular complexity index is 621. The number of rotatable bonds is 4. The van der Waals surface area contributed by atoms with Crippen molar-refractivity contribution < 1.29 is 9.90 Å². The predicted molar refractivity (Wildman–Crippen MR) is 79.9 cm³/mol. The molecule has 0 spiro atoms. The molecule has 2 aromatic rings. The van der Waals surface area contributed by atoms with Crippen molar-refractivity contribution >= 4 is 45.3 Å². The fourth-order valence-electron chi connectivity index (χ4n) is 1.46. The second-order valence-electron chi connectivity index (χ2n) is 3.69. The average molecular weight is 359 g/mol. The number of aromatic carboxylic acids is 1. The Morgan fingerprint density at radius 1 is 1.42 bits per heavy atom. The lowest BCUT2D eigenvalue weighted by atomic mass is 10.2. The van der Waals surface area contributed by atoms with E-state index >= 15 is 0 Å². The van der Waals surface area contributed by atoms with Gasteiger partial charge in [0.15, 0.2) is 0 Å². The zero-order chi connectivity index (χ0) is 13.8. The number of carboxylic acid groups (broad SMARTS) is 1. The highest BCUT2D eigenvalue weighted by Crippen LogP contribution is 2.28. The minimum absolute atomic E-state index is 0.187. The maximum absolute atomic E-state index is 11.2. The van der Waals surface area contributed by atoms with Crippen LogP contribution in [0.5, 0.6) is 0 Å². The van der Waals surface area contributed by atoms with Gasteiger partial charge in [-0.05, 0) is 33.6 Å². The van der Waals surface area contributed by atoms with Gasteiger partial charge in [0.25, 0.3) is 0 Å². The molecular weight excluding hydrogens is 350 g/mol. The molecule has 1 N–H and O–H groups in total. The molecule has 0 aliphatic heterocycles. The summed E-state index contributed by atoms with van der Waals surface area (Å²) < 4.78 is 0.645. The maximum Gasteiger partial charge on any atom is 0.338 e. The summed E-state index contributed by atoms with van der Waals surface area (Å²) in [7, 11) is 0. The Morgan fingerprint density at radius 3 is 2.84 bits per heavy atom. The number of aromatic nitrogens is 1. The molecule has 0 aliphatic carbocycles. The van der Waals surface area contributed by atoms with Gasteiger partial charge in [-0.15, -0.1) is 11.8 Å². The number of thioether (sulfide) groups is 1. The van der Waals surface area contributed by atoms with Gasteiger partial charge < -0.3 is 5.11 Å². The van der Waals surface area contributed by atoms with Crippen molar-refractivity contribution in [3.8, 4) is 0 Å². The first-order valence-electron chi connectivity index (χ1n) is 5.33. The van der Waals surface area contributed by atoms with Gasteiger partial charge in [0.1, 0.15) is 5.03 Å². The summed E-state index contributed by atoms with van der Waals surface area (Å²) in [5, 5.41) is 10.3. The largest absolute Gasteiger partial charge is 0.478 e. The topological polar surface area (TPSA) is 50.2 Å². The summed E-state index contributed by atoms with van der Waals surface area (Å²) >= 11 is 10.6. The van der Waals surface area contributed by atoms with Gasteiger partial charge in [0.05, 0.1) is 5.56 Å². The first kappa shape index (κ1) is 14.4. The van der Waals surface area contributed by atoms with Gasteiger partial charge in [-0.1, -0.05) is 29.8 Å². The van der Waals surface area contributed by atoms with Crippen molar-refractivity contribution in [1.29, 1.82) is 0 Å². The molecule has 0 fully saturated rings. The summed E-state index contributed by atoms with van der Waals surface area (Å²) in [6.07, 6.45) is 1.58. The third-order valence-electron chi connectivity index (χ3n) is 2.37. The second-order valence-corrected chi connectivity index (χ2v) is 5.98. The number of halogens is 2. The maximum atomic E-state index is 11.2. The third-order valence-corrected chi connectivity index (χ3v) is 4.23. The first-order valence-corrected chi connectivity index (χ1v) is 7.48. The van der Waals surface area contributed by atoms with Crippen LogP contribution in [0.2, 0.25) is 5.02 Å². The van der Waals surface area contributed by atoms with Crippen LogP contribution in [0.4, 0.5) is 0 Å². The number of pyridine rings is 1. The Kier molecular flexibility index (Phi) is 4.85. The molecule has 1 aromatic carbocycles. The fourth-order valence-corrected chi connectivity index (χ4v) is 3.04. The first-order chi connectivity index (χ1) is 9.08. The van der Waals surface area contributed by atoms with Crippen LogP contribution >= 0.6 is 39.3 Å². The molecule has 19 heavy (non-hydrogen) atoms. The SMILES string of the molecule is O=C(O)c1cc(Br)cnc1SCc1ccccc1Cl. The quantitative estimate of drug-likeness (QED) is 0.818. The van der Waals surface area contributed by atoms with Crippen LogP contribution in [0.3, 0.4) is 0 Å². The van der Waals surface area contributed by atoms with E-state index in [-0.39, 0.29) is 5.56 Å². The van der Waals surface area contributed by atoms with Gasteiger partial charge in [-0.2, -0.15) is 0 Å². The molecule has 0 amide bonds. The molecule has 6 heteroatoms. The Morgan fingerprint density at radius 2 is 2.16 bits per heavy atom. The third kappa shape index (κ3) is 3.72. The lowest BCUT2D eigenvalue weighted by molar-refractivity contribution is 0.0692. The van der Waals surface area contributed by atoms with Gasteiger partial charge in [0.2, 0.25) is 0 Å². The van der Waals surface area contributed by atoms with E-state index in [2.05, 4.69) is 20.9 Å². The van der Waals surface area contributed by atoms with Crippen molar-refractivity contribution in [3.05, 3.63) is 57.2 Å². The zero-order valence-electron chi connectivity index (χ0n) is 9.64. The summed E-state index contributed by atoms with van der Waals surface area (Å²) in [5.74, 6) is -0.412. The van der Waals surface area contributed by atoms with E-state index in [1.807, 2.05) is 24.3 Å². The van der Waals surface area contributed by atoms with Crippen LogP contribution in [0.25, 0.3) is 0 Å². The fraction of sp³-hybridized carbons (Fsp3) is 0.0769. The van der Waals surface area contributed by atoms with Crippen molar-refractivity contribution in [3.63, 3.8) is 0 Å². The van der Waals surface area contributed by atoms with Crippen LogP contribution < -0.4 is 0 Å². The zero-order valence-corrected chi connectivity index (χ0v) is 12.8. The van der Waals surface area contributed by atoms with E-state index in [1.54, 1.807) is 12.3 Å². The number of carbonyl (C=O) groups is 1. The van der Waals surface area contributed by atoms with Crippen molar-refractivity contribution in [2.75, 3.05) is 0 Å². The highest BCUT2D eigenvalue weighted by molar-refractivity contribution is 9.10. The lowest BCUT2D eigenvalue weighted by Crippen LogP contribution is -2.01. The molecule has 0 saturated heterocycles. The minimum Gasteiger partial charge on any atom is -0.478 e. The molecule has 2 rings (SSSR count). The molecule has 0 atom stereocenters. The molecule has 0 radical (unpaired) electrons. The van der Waals surface area contributed by atoms with Crippen LogP contribution in [-0.2, 0) is 5.75 Å². The molecular formula is C13H9BrClNO2S. The molecule has 0 saturated carbocycles. The molecule has 1 aromatic heterocycles. The summed E-state index contributed by atoms with van der Waals surface area (Å²) in [4.78, 5) is 15.3. The van der Waals surface area contributed by atoms with Crippen LogP contribution in [0, 0.1) is 0 Å². The molecule has 1 heterocycles. The average Bonchev–Trinajstić information content (AvgIpc) is 2.38. The van der Waals surface area contributed by atoms with Crippen molar-refractivity contribution in [2.45, 2.75) is 10.8 Å². The van der Waals surface area contributed by atoms with E-state index in [4.69, 9.17) is 16.7 Å². The van der Waals surface area contributed by atoms with Gasteiger partial charge >= 0.3 is 5.97 Å². The summed E-state index contributed by atoms with van der Waals surface area (Å²) in [6.45, 7) is 0. The monoisotopic (exact) mass is 357 g/mol. The molecule has 0 unspecified atom stereocenters. The summed E-state index contributed by atoms with van der Waals surface area (Å²) in [5.41, 5.74) is 1.14. The number of hydrogen-bond acceptors (Lipinski definition) is 3. The van der Waals surface area contributed by atoms with Crippen molar-refractivity contribution in [1.82, 2.24) is 4.98 Å². The number of carboxylic acids is 1. The highest BCUT2D eigenvalue weighted by atomic mass is 79.9. The Hall–Kier alpha value is -1.04. The van der Waals surface area contributed by atoms with Crippen LogP contribution in [0.1, 0.15) is 15.9 Å². The van der Waals surface area contributed by atoms with Crippen LogP contribution in [0.15, 0.2) is 46.0 Å². The van der Waals surface area contributed by atoms with E-state index in [1.165, 1.54) is 11.8 Å². The van der Waals surface area contributed by atoms with Gasteiger partial charge in [-0.3, -0.25) is 0 Å². The lowest BCUT2D eigenvalue weighted by Gasteiger charge is -2.06. The molecule has 0 aliphatic rings. The number of nitrogens with zero attached hydrogens (tertiary/aromatic N) is 1. The molecule has 3 nitrogen and oxygen atoms in total. The van der Waals surface area contributed by atoms with Crippen LogP contribution in [-0.4, -0.2) is 16.1 Å². The standard InChI is InChI=1S/C13H9BrClNO2S/c14-9-5-10(13(17)18)12(16-6-9)19-7-8-3-1-2-4-11(8)15/h1-6H,7H2,(H,17,18). The van der Waals surface area contributed by atoms with Gasteiger partial charge in [-0.25, -0.2) is 9.78 Å². The predicted octanol–water partition coefficient (Wildman–Crippen LogP) is 4.49. The highest BCUT2D eigenvalue weighted by Gasteiger charge is 2.13. The minimum atomic E-state index is -0.990. The molecule has 0 bridgehead atoms. The number of benzene rings is 1. The Balaban J connectivity index is 2.20. The molecule has 98 valence electrons. The van der Waals surface area contributed by atoms with E-state index in [0.717, 1.165) is 5.56 Å². The van der Waals surface area contributed by atoms with Gasteiger partial charge in [0, 0.05) is 21.4 Å². The normalized spacial score (nSPS) is 10.4. The van der Waals surface area contributed by atoms with Crippen molar-refractivity contribution in [2.24, 2.45) is 0 Å². The number of hydrogen-bond donors (Lipinski definition) is 1.